The van der Waals surface area contributed by atoms with Gasteiger partial charge in [-0.15, -0.1) is 0 Å². The summed E-state index contributed by atoms with van der Waals surface area (Å²) in [6.07, 6.45) is 3.89. The summed E-state index contributed by atoms with van der Waals surface area (Å²) in [4.78, 5) is 39.2. The van der Waals surface area contributed by atoms with Gasteiger partial charge in [0.15, 0.2) is 0 Å². The lowest BCUT2D eigenvalue weighted by molar-refractivity contribution is -0.384. The largest absolute Gasteiger partial charge is 0.447 e. The molecule has 0 aliphatic carbocycles. The Balaban J connectivity index is 1.31. The minimum absolute atomic E-state index is 0.0190. The van der Waals surface area contributed by atoms with Crippen LogP contribution in [-0.4, -0.2) is 68.3 Å². The van der Waals surface area contributed by atoms with Crippen LogP contribution in [0.1, 0.15) is 33.1 Å². The molecule has 2 aromatic rings. The molecule has 33 heavy (non-hydrogen) atoms. The third-order valence-electron chi connectivity index (χ3n) is 6.27. The lowest BCUT2D eigenvalue weighted by Gasteiger charge is -2.38. The van der Waals surface area contributed by atoms with Crippen LogP contribution in [0.2, 0.25) is 0 Å². The van der Waals surface area contributed by atoms with E-state index in [0.29, 0.717) is 31.3 Å². The van der Waals surface area contributed by atoms with Crippen molar-refractivity contribution in [1.82, 2.24) is 19.6 Å². The van der Waals surface area contributed by atoms with E-state index in [1.54, 1.807) is 29.1 Å². The molecular formula is C23H29N5O5. The van der Waals surface area contributed by atoms with Crippen LogP contribution in [0.3, 0.4) is 0 Å². The van der Waals surface area contributed by atoms with E-state index in [2.05, 4.69) is 18.9 Å². The highest BCUT2D eigenvalue weighted by molar-refractivity contribution is 5.76. The summed E-state index contributed by atoms with van der Waals surface area (Å²) in [7, 11) is 0. The number of nitro benzene ring substituents is 1. The number of aromatic nitrogens is 2. The van der Waals surface area contributed by atoms with Crippen molar-refractivity contribution in [3.63, 3.8) is 0 Å². The van der Waals surface area contributed by atoms with Crippen LogP contribution >= 0.6 is 0 Å². The van der Waals surface area contributed by atoms with Gasteiger partial charge in [-0.1, -0.05) is 13.8 Å². The molecule has 10 nitrogen and oxygen atoms in total. The molecule has 4 rings (SSSR count). The van der Waals surface area contributed by atoms with Gasteiger partial charge >= 0.3 is 6.09 Å². The summed E-state index contributed by atoms with van der Waals surface area (Å²) in [5.74, 6) is 0.466. The molecule has 2 saturated heterocycles. The van der Waals surface area contributed by atoms with Gasteiger partial charge in [-0.05, 0) is 43.4 Å². The number of hydrogen-bond acceptors (Lipinski definition) is 6. The first kappa shape index (κ1) is 22.8. The van der Waals surface area contributed by atoms with Gasteiger partial charge in [-0.3, -0.25) is 24.5 Å². The lowest BCUT2D eigenvalue weighted by Crippen LogP contribution is -2.50. The molecule has 2 aliphatic rings. The summed E-state index contributed by atoms with van der Waals surface area (Å²) in [5.41, 5.74) is 1.43. The minimum Gasteiger partial charge on any atom is -0.447 e. The van der Waals surface area contributed by atoms with Crippen LogP contribution in [0.5, 0.6) is 0 Å². The van der Waals surface area contributed by atoms with Gasteiger partial charge in [0.1, 0.15) is 13.2 Å². The number of carbonyl (C=O) groups is 2. The highest BCUT2D eigenvalue weighted by Gasteiger charge is 2.39. The predicted molar refractivity (Wildman–Crippen MR) is 120 cm³/mol. The van der Waals surface area contributed by atoms with Crippen LogP contribution in [0.25, 0.3) is 11.3 Å². The molecule has 0 N–H and O–H groups in total. The first-order chi connectivity index (χ1) is 15.8. The first-order valence-electron chi connectivity index (χ1n) is 11.3. The van der Waals surface area contributed by atoms with Crippen molar-refractivity contribution in [3.05, 3.63) is 46.6 Å². The SMILES string of the molecule is CC(C)CC1COC(=O)N1C1CCN(C(=O)Cn2ccc(-c3ccc([N+](=O)[O-])cc3)n2)CC1. The summed E-state index contributed by atoms with van der Waals surface area (Å²) in [6, 6.07) is 8.17. The number of cyclic esters (lactones) is 1. The average Bonchev–Trinajstić information content (AvgIpc) is 3.40. The summed E-state index contributed by atoms with van der Waals surface area (Å²) < 4.78 is 6.89. The quantitative estimate of drug-likeness (QED) is 0.468. The molecule has 0 saturated carbocycles. The van der Waals surface area contributed by atoms with Crippen molar-refractivity contribution in [2.75, 3.05) is 19.7 Å². The highest BCUT2D eigenvalue weighted by Crippen LogP contribution is 2.27. The Bertz CT molecular complexity index is 1010. The number of non-ortho nitro benzene ring substituents is 1. The van der Waals surface area contributed by atoms with Crippen LogP contribution in [0.4, 0.5) is 10.5 Å². The van der Waals surface area contributed by atoms with Gasteiger partial charge in [-0.25, -0.2) is 4.79 Å². The first-order valence-corrected chi connectivity index (χ1v) is 11.3. The Kier molecular flexibility index (Phi) is 6.62. The van der Waals surface area contributed by atoms with Gasteiger partial charge in [0, 0.05) is 43.0 Å². The van der Waals surface area contributed by atoms with Crippen molar-refractivity contribution < 1.29 is 19.2 Å². The smallest absolute Gasteiger partial charge is 0.410 e. The second-order valence-electron chi connectivity index (χ2n) is 9.08. The summed E-state index contributed by atoms with van der Waals surface area (Å²) in [6.45, 7) is 6.05. The number of benzene rings is 1. The number of likely N-dealkylation sites (tertiary alicyclic amines) is 1. The minimum atomic E-state index is -0.443. The molecule has 10 heteroatoms. The van der Waals surface area contributed by atoms with E-state index in [1.807, 2.05) is 9.80 Å². The standard InChI is InChI=1S/C23H29N5O5/c1-16(2)13-20-15-33-23(30)27(20)18-7-10-25(11-8-18)22(29)14-26-12-9-21(24-26)17-3-5-19(6-4-17)28(31)32/h3-6,9,12,16,18,20H,7-8,10-11,13-15H2,1-2H3. The number of piperidine rings is 1. The van der Waals surface area contributed by atoms with E-state index in [0.717, 1.165) is 24.8 Å². The molecule has 2 aliphatic heterocycles. The van der Waals surface area contributed by atoms with Gasteiger partial charge in [0.25, 0.3) is 5.69 Å². The number of nitro groups is 1. The fourth-order valence-corrected chi connectivity index (χ4v) is 4.63. The highest BCUT2D eigenvalue weighted by atomic mass is 16.6. The number of nitrogens with zero attached hydrogens (tertiary/aromatic N) is 5. The summed E-state index contributed by atoms with van der Waals surface area (Å²) in [5, 5.41) is 15.3. The molecule has 0 spiro atoms. The second-order valence-corrected chi connectivity index (χ2v) is 9.08. The molecule has 2 amide bonds. The normalized spacial score (nSPS) is 19.2. The third-order valence-corrected chi connectivity index (χ3v) is 6.27. The lowest BCUT2D eigenvalue weighted by atomic mass is 9.98. The van der Waals surface area contributed by atoms with Crippen molar-refractivity contribution in [2.24, 2.45) is 5.92 Å². The Labute approximate surface area is 192 Å². The molecular weight excluding hydrogens is 426 g/mol. The van der Waals surface area contributed by atoms with E-state index < -0.39 is 4.92 Å². The van der Waals surface area contributed by atoms with E-state index in [1.165, 1.54) is 12.1 Å². The zero-order valence-corrected chi connectivity index (χ0v) is 18.9. The maximum absolute atomic E-state index is 12.8. The number of rotatable bonds is 7. The Hall–Kier alpha value is -3.43. The zero-order chi connectivity index (χ0) is 23.5. The van der Waals surface area contributed by atoms with Gasteiger partial charge in [0.2, 0.25) is 5.91 Å². The maximum atomic E-state index is 12.8. The van der Waals surface area contributed by atoms with Crippen molar-refractivity contribution in [1.29, 1.82) is 0 Å². The van der Waals surface area contributed by atoms with E-state index in [4.69, 9.17) is 4.74 Å². The van der Waals surface area contributed by atoms with Crippen molar-refractivity contribution >= 4 is 17.7 Å². The fraction of sp³-hybridized carbons (Fsp3) is 0.522. The molecule has 1 aromatic heterocycles. The number of amides is 2. The van der Waals surface area contributed by atoms with Gasteiger partial charge in [0.05, 0.1) is 16.7 Å². The third kappa shape index (κ3) is 5.15. The zero-order valence-electron chi connectivity index (χ0n) is 18.9. The van der Waals surface area contributed by atoms with Crippen LogP contribution in [0.15, 0.2) is 36.5 Å². The van der Waals surface area contributed by atoms with E-state index >= 15 is 0 Å². The van der Waals surface area contributed by atoms with E-state index in [-0.39, 0.29) is 36.3 Å². The molecule has 2 fully saturated rings. The molecule has 3 heterocycles. The van der Waals surface area contributed by atoms with Crippen molar-refractivity contribution in [2.45, 2.75) is 51.7 Å². The number of ether oxygens (including phenoxy) is 1. The summed E-state index contributed by atoms with van der Waals surface area (Å²) >= 11 is 0. The number of carbonyl (C=O) groups excluding carboxylic acids is 2. The number of hydrogen-bond donors (Lipinski definition) is 0. The van der Waals surface area contributed by atoms with Gasteiger partial charge in [-0.2, -0.15) is 5.10 Å². The van der Waals surface area contributed by atoms with E-state index in [9.17, 15) is 19.7 Å². The Morgan fingerprint density at radius 1 is 1.21 bits per heavy atom. The van der Waals surface area contributed by atoms with Crippen molar-refractivity contribution in [3.8, 4) is 11.3 Å². The molecule has 0 radical (unpaired) electrons. The molecule has 1 unspecified atom stereocenters. The van der Waals surface area contributed by atoms with Crippen LogP contribution < -0.4 is 0 Å². The van der Waals surface area contributed by atoms with Gasteiger partial charge < -0.3 is 9.64 Å². The molecule has 1 atom stereocenters. The predicted octanol–water partition coefficient (Wildman–Crippen LogP) is 3.32. The Morgan fingerprint density at radius 2 is 1.91 bits per heavy atom. The maximum Gasteiger partial charge on any atom is 0.410 e. The van der Waals surface area contributed by atoms with Crippen LogP contribution in [-0.2, 0) is 16.1 Å². The molecule has 176 valence electrons. The fourth-order valence-electron chi connectivity index (χ4n) is 4.63. The molecule has 0 bridgehead atoms. The monoisotopic (exact) mass is 455 g/mol. The molecule has 1 aromatic carbocycles. The van der Waals surface area contributed by atoms with Crippen LogP contribution in [0, 0.1) is 16.0 Å². The Morgan fingerprint density at radius 3 is 2.55 bits per heavy atom. The second kappa shape index (κ2) is 9.60. The topological polar surface area (TPSA) is 111 Å². The average molecular weight is 456 g/mol.